The summed E-state index contributed by atoms with van der Waals surface area (Å²) in [5.74, 6) is 0.190. The van der Waals surface area contributed by atoms with E-state index in [1.54, 1.807) is 18.6 Å². The van der Waals surface area contributed by atoms with Crippen molar-refractivity contribution >= 4 is 0 Å². The van der Waals surface area contributed by atoms with Gasteiger partial charge in [-0.1, -0.05) is 54.7 Å². The van der Waals surface area contributed by atoms with Gasteiger partial charge in [-0.25, -0.2) is 0 Å². The van der Waals surface area contributed by atoms with E-state index < -0.39 is 0 Å². The highest BCUT2D eigenvalue weighted by molar-refractivity contribution is 4.88. The van der Waals surface area contributed by atoms with Crippen LogP contribution < -0.4 is 17.2 Å². The van der Waals surface area contributed by atoms with Crippen molar-refractivity contribution in [2.45, 2.75) is 38.5 Å². The molecule has 0 atom stereocenters. The summed E-state index contributed by atoms with van der Waals surface area (Å²) in [5.41, 5.74) is 16.0. The van der Waals surface area contributed by atoms with Crippen LogP contribution in [-0.4, -0.2) is 39.6 Å². The lowest BCUT2D eigenvalue weighted by Crippen LogP contribution is -2.22. The van der Waals surface area contributed by atoms with Gasteiger partial charge in [0.1, 0.15) is 0 Å². The third-order valence-corrected chi connectivity index (χ3v) is 4.11. The molecule has 6 heteroatoms. The molecule has 6 N–H and O–H groups in total. The largest absolute Gasteiger partial charge is 0.405 e. The van der Waals surface area contributed by atoms with Gasteiger partial charge in [0.25, 0.3) is 0 Å². The number of ether oxygens (including phenoxy) is 3. The predicted octanol–water partition coefficient (Wildman–Crippen LogP) is 4.08. The van der Waals surface area contributed by atoms with Crippen LogP contribution in [0.2, 0.25) is 0 Å². The summed E-state index contributed by atoms with van der Waals surface area (Å²) in [7, 11) is 0. The Morgan fingerprint density at radius 2 is 0.710 bits per heavy atom. The molecule has 0 rings (SSSR count). The first-order valence-corrected chi connectivity index (χ1v) is 11.1. The smallest absolute Gasteiger partial charge is 0.0647 e. The average Bonchev–Trinajstić information content (AvgIpc) is 2.78. The third-order valence-electron chi connectivity index (χ3n) is 4.11. The standard InChI is InChI=1S/C25H43N3O3/c26-16-10-4-1-7-13-19-29-22-25(23-30-20-14-8-2-5-11-17-27)24-31-21-15-9-3-6-12-18-28/h7-18,25H,1-6,19-24,26-28H2/b13-7-,14-8-,15-9-,16-10-,17-11-,18-12-. The first-order chi connectivity index (χ1) is 15.3. The summed E-state index contributed by atoms with van der Waals surface area (Å²) in [6.45, 7) is 3.57. The predicted molar refractivity (Wildman–Crippen MR) is 131 cm³/mol. The average molecular weight is 434 g/mol. The molecule has 0 saturated heterocycles. The molecule has 0 aliphatic rings. The van der Waals surface area contributed by atoms with Crippen molar-refractivity contribution in [3.8, 4) is 0 Å². The number of hydrogen-bond acceptors (Lipinski definition) is 6. The molecule has 0 aromatic rings. The summed E-state index contributed by atoms with van der Waals surface area (Å²) in [5, 5.41) is 0. The zero-order chi connectivity index (χ0) is 22.7. The first-order valence-electron chi connectivity index (χ1n) is 11.1. The van der Waals surface area contributed by atoms with Crippen LogP contribution in [0.5, 0.6) is 0 Å². The van der Waals surface area contributed by atoms with Gasteiger partial charge in [0.2, 0.25) is 0 Å². The van der Waals surface area contributed by atoms with E-state index in [4.69, 9.17) is 31.4 Å². The van der Waals surface area contributed by atoms with Crippen LogP contribution in [0.25, 0.3) is 0 Å². The summed E-state index contributed by atoms with van der Waals surface area (Å²) >= 11 is 0. The topological polar surface area (TPSA) is 106 Å². The van der Waals surface area contributed by atoms with Crippen LogP contribution in [0.3, 0.4) is 0 Å². The maximum Gasteiger partial charge on any atom is 0.0647 e. The van der Waals surface area contributed by atoms with E-state index in [-0.39, 0.29) is 5.92 Å². The lowest BCUT2D eigenvalue weighted by Gasteiger charge is -2.16. The van der Waals surface area contributed by atoms with Gasteiger partial charge >= 0.3 is 0 Å². The SMILES string of the molecule is N/C=C\CC/C=C\COCC(COC/C=C\CC/C=C\N)COC/C=C\CC/C=C\N. The normalized spacial score (nSPS) is 13.1. The van der Waals surface area contributed by atoms with E-state index in [0.29, 0.717) is 39.6 Å². The van der Waals surface area contributed by atoms with Crippen LogP contribution in [0.4, 0.5) is 0 Å². The second-order valence-electron chi connectivity index (χ2n) is 6.91. The van der Waals surface area contributed by atoms with E-state index in [0.717, 1.165) is 38.5 Å². The number of allylic oxidation sites excluding steroid dienone is 6. The molecular weight excluding hydrogens is 390 g/mol. The fourth-order valence-electron chi connectivity index (χ4n) is 2.48. The van der Waals surface area contributed by atoms with E-state index in [1.807, 2.05) is 36.5 Å². The lowest BCUT2D eigenvalue weighted by molar-refractivity contribution is 0.0116. The van der Waals surface area contributed by atoms with E-state index in [9.17, 15) is 0 Å². The Balaban J connectivity index is 4.13. The molecule has 0 saturated carbocycles. The Kier molecular flexibility index (Phi) is 23.9. The Bertz CT molecular complexity index is 464. The number of nitrogens with two attached hydrogens (primary N) is 3. The quantitative estimate of drug-likeness (QED) is 0.186. The van der Waals surface area contributed by atoms with Crippen molar-refractivity contribution in [1.29, 1.82) is 0 Å². The summed E-state index contributed by atoms with van der Waals surface area (Å²) in [6, 6.07) is 0. The Labute approximate surface area is 189 Å². The summed E-state index contributed by atoms with van der Waals surface area (Å²) in [4.78, 5) is 0. The molecule has 0 unspecified atom stereocenters. The van der Waals surface area contributed by atoms with Crippen LogP contribution in [0.15, 0.2) is 73.3 Å². The van der Waals surface area contributed by atoms with Crippen molar-refractivity contribution in [1.82, 2.24) is 0 Å². The zero-order valence-electron chi connectivity index (χ0n) is 18.9. The van der Waals surface area contributed by atoms with Gasteiger partial charge in [-0.2, -0.15) is 0 Å². The molecule has 0 amide bonds. The zero-order valence-corrected chi connectivity index (χ0v) is 18.9. The molecule has 0 radical (unpaired) electrons. The fourth-order valence-corrected chi connectivity index (χ4v) is 2.48. The van der Waals surface area contributed by atoms with Gasteiger partial charge in [0.05, 0.1) is 39.6 Å². The minimum absolute atomic E-state index is 0.190. The summed E-state index contributed by atoms with van der Waals surface area (Å²) in [6.07, 6.45) is 28.8. The van der Waals surface area contributed by atoms with E-state index in [2.05, 4.69) is 18.2 Å². The molecule has 0 aliphatic heterocycles. The van der Waals surface area contributed by atoms with Crippen LogP contribution in [-0.2, 0) is 14.2 Å². The molecule has 0 fully saturated rings. The van der Waals surface area contributed by atoms with Gasteiger partial charge < -0.3 is 31.4 Å². The second-order valence-corrected chi connectivity index (χ2v) is 6.91. The molecule has 31 heavy (non-hydrogen) atoms. The van der Waals surface area contributed by atoms with Gasteiger partial charge in [0, 0.05) is 5.92 Å². The monoisotopic (exact) mass is 433 g/mol. The van der Waals surface area contributed by atoms with E-state index >= 15 is 0 Å². The number of hydrogen-bond donors (Lipinski definition) is 3. The molecule has 0 aromatic carbocycles. The van der Waals surface area contributed by atoms with Crippen molar-refractivity contribution in [3.05, 3.63) is 73.3 Å². The first kappa shape index (κ1) is 28.7. The van der Waals surface area contributed by atoms with Crippen LogP contribution in [0, 0.1) is 5.92 Å². The fraction of sp³-hybridized carbons (Fsp3) is 0.520. The number of rotatable bonds is 21. The molecule has 176 valence electrons. The molecule has 0 aliphatic carbocycles. The molecule has 0 spiro atoms. The number of unbranched alkanes of at least 4 members (excludes halogenated alkanes) is 3. The summed E-state index contributed by atoms with van der Waals surface area (Å²) < 4.78 is 17.3. The van der Waals surface area contributed by atoms with Gasteiger partial charge in [-0.15, -0.1) is 0 Å². The molecule has 0 bridgehead atoms. The highest BCUT2D eigenvalue weighted by Gasteiger charge is 2.09. The molecule has 6 nitrogen and oxygen atoms in total. The van der Waals surface area contributed by atoms with Crippen molar-refractivity contribution in [2.75, 3.05) is 39.6 Å². The minimum Gasteiger partial charge on any atom is -0.405 e. The molecule has 0 aromatic heterocycles. The maximum atomic E-state index is 5.78. The van der Waals surface area contributed by atoms with E-state index in [1.165, 1.54) is 0 Å². The Morgan fingerprint density at radius 1 is 0.419 bits per heavy atom. The Hall–Kier alpha value is -2.28. The lowest BCUT2D eigenvalue weighted by atomic mass is 10.2. The second kappa shape index (κ2) is 25.8. The maximum absolute atomic E-state index is 5.78. The molecular formula is C25H43N3O3. The Morgan fingerprint density at radius 3 is 1.00 bits per heavy atom. The molecule has 0 heterocycles. The van der Waals surface area contributed by atoms with Crippen molar-refractivity contribution in [2.24, 2.45) is 23.1 Å². The van der Waals surface area contributed by atoms with Gasteiger partial charge in [0.15, 0.2) is 0 Å². The van der Waals surface area contributed by atoms with Gasteiger partial charge in [-0.3, -0.25) is 0 Å². The van der Waals surface area contributed by atoms with Crippen molar-refractivity contribution in [3.63, 3.8) is 0 Å². The minimum atomic E-state index is 0.190. The highest BCUT2D eigenvalue weighted by Crippen LogP contribution is 2.03. The third kappa shape index (κ3) is 23.9. The van der Waals surface area contributed by atoms with Gasteiger partial charge in [-0.05, 0) is 57.1 Å². The van der Waals surface area contributed by atoms with Crippen LogP contribution in [0.1, 0.15) is 38.5 Å². The van der Waals surface area contributed by atoms with Crippen LogP contribution >= 0.6 is 0 Å². The van der Waals surface area contributed by atoms with Crippen molar-refractivity contribution < 1.29 is 14.2 Å². The highest BCUT2D eigenvalue weighted by atomic mass is 16.5.